The third kappa shape index (κ3) is 4.00. The number of nitrogens with one attached hydrogen (secondary N) is 1. The molecule has 0 saturated carbocycles. The van der Waals surface area contributed by atoms with Gasteiger partial charge in [-0.05, 0) is 49.4 Å². The number of carbonyl (C=O) groups is 2. The van der Waals surface area contributed by atoms with E-state index in [1.807, 2.05) is 6.92 Å². The van der Waals surface area contributed by atoms with Gasteiger partial charge >= 0.3 is 0 Å². The number of amides is 2. The Bertz CT molecular complexity index is 1230. The van der Waals surface area contributed by atoms with Crippen molar-refractivity contribution in [2.24, 2.45) is 0 Å². The summed E-state index contributed by atoms with van der Waals surface area (Å²) in [5.41, 5.74) is 1.40. The molecular weight excluding hydrogens is 441 g/mol. The lowest BCUT2D eigenvalue weighted by Gasteiger charge is -2.33. The number of nitrogens with zero attached hydrogens (tertiary/aromatic N) is 2. The molecule has 1 unspecified atom stereocenters. The first-order valence-electron chi connectivity index (χ1n) is 9.49. The van der Waals surface area contributed by atoms with Crippen molar-refractivity contribution < 1.29 is 18.2 Å². The van der Waals surface area contributed by atoms with E-state index < -0.39 is 22.5 Å². The summed E-state index contributed by atoms with van der Waals surface area (Å²) in [5, 5.41) is 2.69. The molecule has 2 atom stereocenters. The van der Waals surface area contributed by atoms with Crippen LogP contribution in [0.1, 0.15) is 33.8 Å². The molecule has 2 heterocycles. The van der Waals surface area contributed by atoms with Crippen LogP contribution in [0.3, 0.4) is 0 Å². The minimum atomic E-state index is -1.19. The second-order valence-corrected chi connectivity index (χ2v) is 9.07. The van der Waals surface area contributed by atoms with Gasteiger partial charge in [0.25, 0.3) is 11.8 Å². The number of rotatable bonds is 4. The van der Waals surface area contributed by atoms with Crippen molar-refractivity contribution >= 4 is 45.6 Å². The lowest BCUT2D eigenvalue weighted by Crippen LogP contribution is -2.43. The number of fused-ring (bicyclic) bond motifs is 1. The zero-order valence-electron chi connectivity index (χ0n) is 16.8. The van der Waals surface area contributed by atoms with Crippen molar-refractivity contribution in [2.75, 3.05) is 23.0 Å². The Hall–Kier alpha value is -2.97. The van der Waals surface area contributed by atoms with Gasteiger partial charge in [-0.1, -0.05) is 17.7 Å². The minimum absolute atomic E-state index is 0.0786. The van der Waals surface area contributed by atoms with Crippen LogP contribution in [0.2, 0.25) is 5.02 Å². The number of hydrogen-bond acceptors (Lipinski definition) is 3. The third-order valence-electron chi connectivity index (χ3n) is 5.17. The van der Waals surface area contributed by atoms with Gasteiger partial charge in [0.2, 0.25) is 0 Å². The van der Waals surface area contributed by atoms with Crippen molar-refractivity contribution in [2.45, 2.75) is 17.9 Å². The molecule has 9 heteroatoms. The van der Waals surface area contributed by atoms with Gasteiger partial charge in [-0.3, -0.25) is 13.8 Å². The molecule has 1 N–H and O–H groups in total. The quantitative estimate of drug-likeness (QED) is 0.624. The maximum absolute atomic E-state index is 13.6. The molecule has 1 aliphatic rings. The van der Waals surface area contributed by atoms with Crippen LogP contribution in [0.25, 0.3) is 0 Å². The number of aromatic nitrogens is 1. The van der Waals surface area contributed by atoms with Gasteiger partial charge in [-0.25, -0.2) is 4.39 Å². The molecule has 160 valence electrons. The molecule has 2 amide bonds. The summed E-state index contributed by atoms with van der Waals surface area (Å²) in [6.45, 7) is 2.28. The van der Waals surface area contributed by atoms with E-state index in [-0.39, 0.29) is 28.2 Å². The van der Waals surface area contributed by atoms with E-state index in [0.29, 0.717) is 22.8 Å². The highest BCUT2D eigenvalue weighted by atomic mass is 35.5. The first kappa shape index (κ1) is 21.3. The highest BCUT2D eigenvalue weighted by Crippen LogP contribution is 2.31. The van der Waals surface area contributed by atoms with Crippen molar-refractivity contribution in [3.05, 3.63) is 76.8 Å². The van der Waals surface area contributed by atoms with Gasteiger partial charge < -0.3 is 14.8 Å². The summed E-state index contributed by atoms with van der Waals surface area (Å²) >= 11 is 5.90. The van der Waals surface area contributed by atoms with Crippen molar-refractivity contribution in [1.82, 2.24) is 4.57 Å². The summed E-state index contributed by atoms with van der Waals surface area (Å²) in [7, 11) is -1.19. The van der Waals surface area contributed by atoms with E-state index in [9.17, 15) is 18.2 Å². The van der Waals surface area contributed by atoms with E-state index in [4.69, 9.17) is 11.6 Å². The van der Waals surface area contributed by atoms with Crippen LogP contribution in [-0.2, 0) is 10.8 Å². The van der Waals surface area contributed by atoms with Crippen molar-refractivity contribution in [3.63, 3.8) is 0 Å². The number of halogens is 2. The molecule has 1 aliphatic heterocycles. The van der Waals surface area contributed by atoms with E-state index in [0.717, 1.165) is 0 Å². The maximum Gasteiger partial charge on any atom is 0.275 e. The lowest BCUT2D eigenvalue weighted by atomic mass is 10.1. The molecule has 0 spiro atoms. The molecule has 1 aromatic heterocycles. The first-order chi connectivity index (χ1) is 14.8. The summed E-state index contributed by atoms with van der Waals surface area (Å²) < 4.78 is 27.0. The standard InChI is InChI=1S/C22H19ClFN3O3S/c1-13-12-27(15-6-7-19(24)18(23)11-15)22(29)20-17(8-9-26(13)20)21(28)25-14-4-3-5-16(10-14)31(2)30/h3-11,13H,12H2,1-2H3,(H,25,28)/t13-,31?/m0/s1. The van der Waals surface area contributed by atoms with Crippen LogP contribution in [0.15, 0.2) is 59.6 Å². The molecule has 0 saturated heterocycles. The van der Waals surface area contributed by atoms with Crippen LogP contribution in [-0.4, -0.2) is 33.4 Å². The molecule has 31 heavy (non-hydrogen) atoms. The largest absolute Gasteiger partial charge is 0.338 e. The SMILES string of the molecule is C[C@H]1CN(c2ccc(F)c(Cl)c2)C(=O)c2c(C(=O)Nc3cccc(S(C)=O)c3)ccn21. The van der Waals surface area contributed by atoms with Crippen LogP contribution in [0.4, 0.5) is 15.8 Å². The number of anilines is 2. The van der Waals surface area contributed by atoms with E-state index in [1.54, 1.807) is 47.4 Å². The zero-order chi connectivity index (χ0) is 22.3. The molecule has 3 aromatic rings. The molecular formula is C22H19ClFN3O3S. The number of hydrogen-bond donors (Lipinski definition) is 1. The smallest absolute Gasteiger partial charge is 0.275 e. The third-order valence-corrected chi connectivity index (χ3v) is 6.38. The zero-order valence-corrected chi connectivity index (χ0v) is 18.3. The summed E-state index contributed by atoms with van der Waals surface area (Å²) in [6, 6.07) is 12.3. The van der Waals surface area contributed by atoms with Crippen LogP contribution in [0.5, 0.6) is 0 Å². The average molecular weight is 460 g/mol. The van der Waals surface area contributed by atoms with Crippen LogP contribution >= 0.6 is 11.6 Å². The fraction of sp³-hybridized carbons (Fsp3) is 0.182. The normalized spacial score (nSPS) is 16.7. The summed E-state index contributed by atoms with van der Waals surface area (Å²) in [5.74, 6) is -1.40. The monoisotopic (exact) mass is 459 g/mol. The fourth-order valence-electron chi connectivity index (χ4n) is 3.61. The molecule has 0 bridgehead atoms. The van der Waals surface area contributed by atoms with Crippen LogP contribution in [0, 0.1) is 5.82 Å². The molecule has 0 fully saturated rings. The Kier molecular flexibility index (Phi) is 5.68. The van der Waals surface area contributed by atoms with Gasteiger partial charge in [0.1, 0.15) is 11.5 Å². The lowest BCUT2D eigenvalue weighted by molar-refractivity contribution is 0.0942. The molecule has 0 aliphatic carbocycles. The second kappa shape index (κ2) is 8.28. The highest BCUT2D eigenvalue weighted by molar-refractivity contribution is 7.84. The molecule has 2 aromatic carbocycles. The number of benzene rings is 2. The van der Waals surface area contributed by atoms with Crippen molar-refractivity contribution in [1.29, 1.82) is 0 Å². The van der Waals surface area contributed by atoms with Gasteiger partial charge in [-0.15, -0.1) is 0 Å². The Balaban J connectivity index is 1.67. The summed E-state index contributed by atoms with van der Waals surface area (Å²) in [6.07, 6.45) is 3.26. The minimum Gasteiger partial charge on any atom is -0.338 e. The Labute approximate surface area is 186 Å². The van der Waals surface area contributed by atoms with Crippen molar-refractivity contribution in [3.8, 4) is 0 Å². The van der Waals surface area contributed by atoms with Gasteiger partial charge in [-0.2, -0.15) is 0 Å². The Morgan fingerprint density at radius 2 is 2.00 bits per heavy atom. The summed E-state index contributed by atoms with van der Waals surface area (Å²) in [4.78, 5) is 28.3. The second-order valence-electron chi connectivity index (χ2n) is 7.28. The van der Waals surface area contributed by atoms with E-state index in [2.05, 4.69) is 5.32 Å². The Morgan fingerprint density at radius 3 is 2.71 bits per heavy atom. The van der Waals surface area contributed by atoms with Gasteiger partial charge in [0.15, 0.2) is 0 Å². The average Bonchev–Trinajstić information content (AvgIpc) is 3.19. The van der Waals surface area contributed by atoms with E-state index in [1.165, 1.54) is 23.1 Å². The number of carbonyl (C=O) groups excluding carboxylic acids is 2. The van der Waals surface area contributed by atoms with Gasteiger partial charge in [0, 0.05) is 52.1 Å². The van der Waals surface area contributed by atoms with E-state index >= 15 is 0 Å². The molecule has 6 nitrogen and oxygen atoms in total. The first-order valence-corrected chi connectivity index (χ1v) is 11.4. The predicted octanol–water partition coefficient (Wildman–Crippen LogP) is 4.49. The predicted molar refractivity (Wildman–Crippen MR) is 119 cm³/mol. The Morgan fingerprint density at radius 1 is 1.23 bits per heavy atom. The van der Waals surface area contributed by atoms with Gasteiger partial charge in [0.05, 0.1) is 10.6 Å². The topological polar surface area (TPSA) is 71.4 Å². The fourth-order valence-corrected chi connectivity index (χ4v) is 4.35. The molecule has 0 radical (unpaired) electrons. The highest BCUT2D eigenvalue weighted by Gasteiger charge is 2.34. The maximum atomic E-state index is 13.6. The van der Waals surface area contributed by atoms with Crippen LogP contribution < -0.4 is 10.2 Å². The molecule has 4 rings (SSSR count).